The molecule has 0 saturated heterocycles. The van der Waals surface area contributed by atoms with Gasteiger partial charge in [0.2, 0.25) is 0 Å². The second-order valence-electron chi connectivity index (χ2n) is 10.9. The van der Waals surface area contributed by atoms with Crippen LogP contribution in [-0.2, 0) is 4.79 Å². The zero-order valence-electron chi connectivity index (χ0n) is 18.1. The normalized spacial score (nSPS) is 49.6. The molecule has 27 heavy (non-hydrogen) atoms. The second kappa shape index (κ2) is 6.20. The molecule has 0 aliphatic heterocycles. The van der Waals surface area contributed by atoms with E-state index in [-0.39, 0.29) is 0 Å². The smallest absolute Gasteiger partial charge is 0.155 e. The number of allylic oxidation sites excluding steroid dienone is 1. The molecule has 8 atom stereocenters. The summed E-state index contributed by atoms with van der Waals surface area (Å²) in [4.78, 5) is 12.1. The number of fused-ring (bicyclic) bond motifs is 7. The fourth-order valence-corrected chi connectivity index (χ4v) is 10.1. The first-order valence-electron chi connectivity index (χ1n) is 12.3. The number of carbonyl (C=O) groups is 1. The summed E-state index contributed by atoms with van der Waals surface area (Å²) in [5.74, 6) is 6.92. The van der Waals surface area contributed by atoms with Crippen molar-refractivity contribution < 1.29 is 4.79 Å². The van der Waals surface area contributed by atoms with Gasteiger partial charge >= 0.3 is 0 Å². The Morgan fingerprint density at radius 3 is 2.48 bits per heavy atom. The minimum absolute atomic E-state index is 0.410. The van der Waals surface area contributed by atoms with Gasteiger partial charge in [0, 0.05) is 6.42 Å². The molecule has 0 spiro atoms. The molecule has 5 aliphatic carbocycles. The largest absolute Gasteiger partial charge is 0.295 e. The third kappa shape index (κ3) is 2.15. The molecule has 5 rings (SSSR count). The molecule has 5 aliphatic rings. The summed E-state index contributed by atoms with van der Waals surface area (Å²) in [7, 11) is 0. The zero-order valence-corrected chi connectivity index (χ0v) is 18.1. The van der Waals surface area contributed by atoms with Gasteiger partial charge in [-0.2, -0.15) is 0 Å². The maximum atomic E-state index is 12.1. The number of hydrogen-bond donors (Lipinski definition) is 0. The van der Waals surface area contributed by atoms with Crippen LogP contribution in [0.5, 0.6) is 0 Å². The van der Waals surface area contributed by atoms with Crippen molar-refractivity contribution in [2.75, 3.05) is 0 Å². The van der Waals surface area contributed by atoms with Gasteiger partial charge in [-0.1, -0.05) is 39.7 Å². The van der Waals surface area contributed by atoms with E-state index in [0.717, 1.165) is 54.3 Å². The Bertz CT molecular complexity index is 655. The molecule has 150 valence electrons. The van der Waals surface area contributed by atoms with Crippen molar-refractivity contribution in [3.8, 4) is 0 Å². The number of rotatable bonds is 4. The highest BCUT2D eigenvalue weighted by Gasteiger charge is 2.75. The highest BCUT2D eigenvalue weighted by atomic mass is 16.1. The molecular weight excluding hydrogens is 328 g/mol. The molecule has 0 amide bonds. The molecule has 0 N–H and O–H groups in total. The molecule has 0 aromatic rings. The van der Waals surface area contributed by atoms with E-state index in [0.29, 0.717) is 16.6 Å². The minimum Gasteiger partial charge on any atom is -0.295 e. The average Bonchev–Trinajstić information content (AvgIpc) is 3.44. The van der Waals surface area contributed by atoms with Crippen LogP contribution in [0.25, 0.3) is 0 Å². The van der Waals surface area contributed by atoms with Crippen molar-refractivity contribution in [1.82, 2.24) is 0 Å². The number of ketones is 1. The van der Waals surface area contributed by atoms with Gasteiger partial charge in [-0.3, -0.25) is 4.79 Å². The Labute approximate surface area is 166 Å². The van der Waals surface area contributed by atoms with E-state index in [1.54, 1.807) is 12.0 Å². The van der Waals surface area contributed by atoms with E-state index in [2.05, 4.69) is 33.8 Å². The quantitative estimate of drug-likeness (QED) is 0.532. The SMILES string of the molecule is CCC1CC2=CC(=O)CCC2C2CCC3(CC)[C@@H](C4CC4C3(CC)CC)C12. The lowest BCUT2D eigenvalue weighted by Crippen LogP contribution is -2.55. The van der Waals surface area contributed by atoms with Gasteiger partial charge in [0.05, 0.1) is 0 Å². The summed E-state index contributed by atoms with van der Waals surface area (Å²) in [6, 6.07) is 0. The van der Waals surface area contributed by atoms with Gasteiger partial charge in [-0.05, 0) is 110 Å². The predicted octanol–water partition coefficient (Wildman–Crippen LogP) is 6.82. The molecule has 4 saturated carbocycles. The van der Waals surface area contributed by atoms with Gasteiger partial charge in [0.15, 0.2) is 5.78 Å². The lowest BCUT2D eigenvalue weighted by atomic mass is 9.43. The summed E-state index contributed by atoms with van der Waals surface area (Å²) in [6.07, 6.45) is 15.3. The van der Waals surface area contributed by atoms with E-state index >= 15 is 0 Å². The second-order valence-corrected chi connectivity index (χ2v) is 10.9. The van der Waals surface area contributed by atoms with Crippen molar-refractivity contribution in [2.24, 2.45) is 52.3 Å². The monoisotopic (exact) mass is 368 g/mol. The van der Waals surface area contributed by atoms with Crippen LogP contribution < -0.4 is 0 Å². The van der Waals surface area contributed by atoms with Crippen LogP contribution in [-0.4, -0.2) is 5.78 Å². The van der Waals surface area contributed by atoms with Crippen LogP contribution in [0, 0.1) is 52.3 Å². The van der Waals surface area contributed by atoms with E-state index in [1.165, 1.54) is 44.9 Å². The van der Waals surface area contributed by atoms with Gasteiger partial charge in [0.25, 0.3) is 0 Å². The lowest BCUT2D eigenvalue weighted by Gasteiger charge is -2.62. The Kier molecular flexibility index (Phi) is 4.24. The van der Waals surface area contributed by atoms with Crippen LogP contribution in [0.2, 0.25) is 0 Å². The molecule has 4 fully saturated rings. The fraction of sp³-hybridized carbons (Fsp3) is 0.885. The summed E-state index contributed by atoms with van der Waals surface area (Å²) in [5.41, 5.74) is 2.83. The molecule has 1 nitrogen and oxygen atoms in total. The number of hydrogen-bond acceptors (Lipinski definition) is 1. The van der Waals surface area contributed by atoms with Crippen LogP contribution >= 0.6 is 0 Å². The lowest BCUT2D eigenvalue weighted by molar-refractivity contribution is -0.123. The maximum Gasteiger partial charge on any atom is 0.155 e. The average molecular weight is 369 g/mol. The summed E-state index contributed by atoms with van der Waals surface area (Å²) >= 11 is 0. The van der Waals surface area contributed by atoms with Crippen molar-refractivity contribution >= 4 is 5.78 Å². The van der Waals surface area contributed by atoms with Crippen molar-refractivity contribution in [3.63, 3.8) is 0 Å². The van der Waals surface area contributed by atoms with E-state index in [9.17, 15) is 4.79 Å². The summed E-state index contributed by atoms with van der Waals surface area (Å²) < 4.78 is 0. The molecule has 1 heteroatoms. The summed E-state index contributed by atoms with van der Waals surface area (Å²) in [6.45, 7) is 9.99. The Hall–Kier alpha value is -0.590. The molecule has 7 unspecified atom stereocenters. The van der Waals surface area contributed by atoms with Crippen LogP contribution in [0.3, 0.4) is 0 Å². The molecular formula is C26H40O. The van der Waals surface area contributed by atoms with Gasteiger partial charge in [0.1, 0.15) is 0 Å². The van der Waals surface area contributed by atoms with Gasteiger partial charge < -0.3 is 0 Å². The van der Waals surface area contributed by atoms with Crippen LogP contribution in [0.4, 0.5) is 0 Å². The molecule has 0 aromatic carbocycles. The standard InChI is InChI=1S/C26H40O/c1-5-16-13-17-14-18(27)9-10-19(17)20-11-12-26(8-4)24(23(16)20)21-15-22(21)25(26,6-2)7-3/h14,16,19-24H,5-13,15H2,1-4H3/t16?,19?,20?,21?,22?,23?,24-,26?/m0/s1. The highest BCUT2D eigenvalue weighted by Crippen LogP contribution is 2.82. The fourth-order valence-electron chi connectivity index (χ4n) is 10.1. The third-order valence-electron chi connectivity index (χ3n) is 11.0. The van der Waals surface area contributed by atoms with Crippen molar-refractivity contribution in [2.45, 2.75) is 91.9 Å². The Morgan fingerprint density at radius 1 is 1.04 bits per heavy atom. The highest BCUT2D eigenvalue weighted by molar-refractivity contribution is 5.91. The topological polar surface area (TPSA) is 17.1 Å². The van der Waals surface area contributed by atoms with Crippen LogP contribution in [0.1, 0.15) is 91.9 Å². The third-order valence-corrected chi connectivity index (χ3v) is 11.0. The van der Waals surface area contributed by atoms with E-state index in [1.807, 2.05) is 0 Å². The minimum atomic E-state index is 0.410. The van der Waals surface area contributed by atoms with Crippen molar-refractivity contribution in [1.29, 1.82) is 0 Å². The molecule has 0 bridgehead atoms. The van der Waals surface area contributed by atoms with Crippen LogP contribution in [0.15, 0.2) is 11.6 Å². The first-order chi connectivity index (χ1) is 13.1. The molecule has 0 heterocycles. The van der Waals surface area contributed by atoms with E-state index in [4.69, 9.17) is 0 Å². The Morgan fingerprint density at radius 2 is 1.81 bits per heavy atom. The maximum absolute atomic E-state index is 12.1. The number of carbonyl (C=O) groups excluding carboxylic acids is 1. The van der Waals surface area contributed by atoms with E-state index < -0.39 is 0 Å². The molecule has 0 radical (unpaired) electrons. The van der Waals surface area contributed by atoms with Gasteiger partial charge in [-0.15, -0.1) is 0 Å². The Balaban J connectivity index is 1.58. The zero-order chi connectivity index (χ0) is 19.0. The van der Waals surface area contributed by atoms with Crippen molar-refractivity contribution in [3.05, 3.63) is 11.6 Å². The first-order valence-corrected chi connectivity index (χ1v) is 12.3. The van der Waals surface area contributed by atoms with Gasteiger partial charge in [-0.25, -0.2) is 0 Å². The first kappa shape index (κ1) is 18.4. The summed E-state index contributed by atoms with van der Waals surface area (Å²) in [5, 5.41) is 0. The molecule has 0 aromatic heterocycles. The predicted molar refractivity (Wildman–Crippen MR) is 111 cm³/mol.